The van der Waals surface area contributed by atoms with Gasteiger partial charge in [0.25, 0.3) is 5.91 Å². The van der Waals surface area contributed by atoms with Crippen LogP contribution in [0.1, 0.15) is 21.5 Å². The standard InChI is InChI=1S/C17H19ClN2O/c1-20(2)12-14-9-7-13(8-10-14)11-19-17(21)15-5-3-4-6-16(15)18/h3-10H,11-12H2,1-2H3,(H,19,21). The first-order chi connectivity index (χ1) is 10.1. The zero-order valence-electron chi connectivity index (χ0n) is 12.3. The second-order valence-corrected chi connectivity index (χ2v) is 5.62. The van der Waals surface area contributed by atoms with Crippen molar-refractivity contribution < 1.29 is 4.79 Å². The van der Waals surface area contributed by atoms with E-state index in [0.29, 0.717) is 17.1 Å². The molecule has 110 valence electrons. The minimum absolute atomic E-state index is 0.155. The monoisotopic (exact) mass is 302 g/mol. The highest BCUT2D eigenvalue weighted by atomic mass is 35.5. The lowest BCUT2D eigenvalue weighted by Gasteiger charge is -2.10. The fourth-order valence-electron chi connectivity index (χ4n) is 2.05. The number of nitrogens with one attached hydrogen (secondary N) is 1. The van der Waals surface area contributed by atoms with E-state index < -0.39 is 0 Å². The molecule has 4 heteroatoms. The summed E-state index contributed by atoms with van der Waals surface area (Å²) in [5, 5.41) is 3.35. The van der Waals surface area contributed by atoms with Gasteiger partial charge in [-0.3, -0.25) is 4.79 Å². The summed E-state index contributed by atoms with van der Waals surface area (Å²) in [5.41, 5.74) is 2.82. The number of amides is 1. The average molecular weight is 303 g/mol. The molecule has 0 fully saturated rings. The number of hydrogen-bond donors (Lipinski definition) is 1. The highest BCUT2D eigenvalue weighted by Crippen LogP contribution is 2.14. The molecular formula is C17H19ClN2O. The maximum Gasteiger partial charge on any atom is 0.253 e. The Balaban J connectivity index is 1.94. The van der Waals surface area contributed by atoms with Gasteiger partial charge in [-0.15, -0.1) is 0 Å². The molecule has 0 unspecified atom stereocenters. The van der Waals surface area contributed by atoms with E-state index in [-0.39, 0.29) is 5.91 Å². The number of halogens is 1. The zero-order chi connectivity index (χ0) is 15.2. The lowest BCUT2D eigenvalue weighted by Crippen LogP contribution is -2.23. The smallest absolute Gasteiger partial charge is 0.253 e. The molecule has 2 aromatic carbocycles. The number of benzene rings is 2. The molecule has 0 heterocycles. The Bertz CT molecular complexity index is 608. The van der Waals surface area contributed by atoms with E-state index in [1.54, 1.807) is 18.2 Å². The Kier molecular flexibility index (Phi) is 5.37. The van der Waals surface area contributed by atoms with Crippen LogP contribution in [0.15, 0.2) is 48.5 Å². The van der Waals surface area contributed by atoms with Gasteiger partial charge in [-0.1, -0.05) is 48.0 Å². The summed E-state index contributed by atoms with van der Waals surface area (Å²) in [6, 6.07) is 15.3. The van der Waals surface area contributed by atoms with Gasteiger partial charge in [-0.25, -0.2) is 0 Å². The third-order valence-electron chi connectivity index (χ3n) is 3.09. The number of hydrogen-bond acceptors (Lipinski definition) is 2. The van der Waals surface area contributed by atoms with Crippen LogP contribution in [0.2, 0.25) is 5.02 Å². The number of nitrogens with zero attached hydrogens (tertiary/aromatic N) is 1. The minimum atomic E-state index is -0.155. The van der Waals surface area contributed by atoms with Crippen molar-refractivity contribution in [1.29, 1.82) is 0 Å². The summed E-state index contributed by atoms with van der Waals surface area (Å²) in [5.74, 6) is -0.155. The van der Waals surface area contributed by atoms with Crippen LogP contribution in [-0.4, -0.2) is 24.9 Å². The van der Waals surface area contributed by atoms with Gasteiger partial charge in [0.15, 0.2) is 0 Å². The molecule has 0 aliphatic rings. The summed E-state index contributed by atoms with van der Waals surface area (Å²) in [7, 11) is 4.08. The number of carbonyl (C=O) groups excluding carboxylic acids is 1. The van der Waals surface area contributed by atoms with Crippen LogP contribution in [0.5, 0.6) is 0 Å². The molecule has 2 aromatic rings. The van der Waals surface area contributed by atoms with Crippen molar-refractivity contribution in [2.45, 2.75) is 13.1 Å². The third-order valence-corrected chi connectivity index (χ3v) is 3.42. The van der Waals surface area contributed by atoms with Crippen molar-refractivity contribution in [3.8, 4) is 0 Å². The van der Waals surface area contributed by atoms with E-state index >= 15 is 0 Å². The zero-order valence-corrected chi connectivity index (χ0v) is 13.0. The van der Waals surface area contributed by atoms with Gasteiger partial charge in [0.2, 0.25) is 0 Å². The predicted octanol–water partition coefficient (Wildman–Crippen LogP) is 3.33. The van der Waals surface area contributed by atoms with Crippen LogP contribution >= 0.6 is 11.6 Å². The van der Waals surface area contributed by atoms with Crippen molar-refractivity contribution in [3.05, 3.63) is 70.2 Å². The molecule has 0 radical (unpaired) electrons. The highest BCUT2D eigenvalue weighted by Gasteiger charge is 2.08. The molecule has 0 atom stereocenters. The molecule has 0 saturated heterocycles. The molecule has 3 nitrogen and oxygen atoms in total. The van der Waals surface area contributed by atoms with Crippen LogP contribution in [0.25, 0.3) is 0 Å². The number of rotatable bonds is 5. The van der Waals surface area contributed by atoms with Gasteiger partial charge in [0, 0.05) is 13.1 Å². The van der Waals surface area contributed by atoms with E-state index in [1.807, 2.05) is 32.3 Å². The van der Waals surface area contributed by atoms with Gasteiger partial charge in [0.05, 0.1) is 10.6 Å². The van der Waals surface area contributed by atoms with Gasteiger partial charge in [0.1, 0.15) is 0 Å². The van der Waals surface area contributed by atoms with E-state index in [4.69, 9.17) is 11.6 Å². The second kappa shape index (κ2) is 7.25. The highest BCUT2D eigenvalue weighted by molar-refractivity contribution is 6.33. The van der Waals surface area contributed by atoms with Crippen molar-refractivity contribution >= 4 is 17.5 Å². The van der Waals surface area contributed by atoms with Crippen LogP contribution in [-0.2, 0) is 13.1 Å². The van der Waals surface area contributed by atoms with Gasteiger partial charge in [-0.2, -0.15) is 0 Å². The van der Waals surface area contributed by atoms with Crippen molar-refractivity contribution in [2.24, 2.45) is 0 Å². The fourth-order valence-corrected chi connectivity index (χ4v) is 2.27. The second-order valence-electron chi connectivity index (χ2n) is 5.22. The molecule has 0 bridgehead atoms. The Morgan fingerprint density at radius 1 is 1.05 bits per heavy atom. The molecule has 2 rings (SSSR count). The topological polar surface area (TPSA) is 32.3 Å². The summed E-state index contributed by atoms with van der Waals surface area (Å²) in [6.07, 6.45) is 0. The normalized spacial score (nSPS) is 10.7. The van der Waals surface area contributed by atoms with Crippen molar-refractivity contribution in [1.82, 2.24) is 10.2 Å². The van der Waals surface area contributed by atoms with Crippen LogP contribution in [0, 0.1) is 0 Å². The maximum atomic E-state index is 12.0. The molecule has 21 heavy (non-hydrogen) atoms. The molecule has 0 saturated carbocycles. The minimum Gasteiger partial charge on any atom is -0.348 e. The Morgan fingerprint density at radius 3 is 2.29 bits per heavy atom. The molecule has 0 spiro atoms. The first-order valence-corrected chi connectivity index (χ1v) is 7.19. The molecule has 1 N–H and O–H groups in total. The first kappa shape index (κ1) is 15.5. The van der Waals surface area contributed by atoms with E-state index in [9.17, 15) is 4.79 Å². The maximum absolute atomic E-state index is 12.0. The van der Waals surface area contributed by atoms with Crippen molar-refractivity contribution in [3.63, 3.8) is 0 Å². The van der Waals surface area contributed by atoms with E-state index in [0.717, 1.165) is 12.1 Å². The largest absolute Gasteiger partial charge is 0.348 e. The summed E-state index contributed by atoms with van der Waals surface area (Å²) in [6.45, 7) is 1.40. The molecular weight excluding hydrogens is 284 g/mol. The van der Waals surface area contributed by atoms with Gasteiger partial charge in [-0.05, 0) is 37.4 Å². The molecule has 0 aromatic heterocycles. The van der Waals surface area contributed by atoms with Gasteiger partial charge >= 0.3 is 0 Å². The summed E-state index contributed by atoms with van der Waals surface area (Å²) < 4.78 is 0. The lowest BCUT2D eigenvalue weighted by atomic mass is 10.1. The van der Waals surface area contributed by atoms with Gasteiger partial charge < -0.3 is 10.2 Å². The first-order valence-electron chi connectivity index (χ1n) is 6.81. The van der Waals surface area contributed by atoms with E-state index in [2.05, 4.69) is 22.3 Å². The Morgan fingerprint density at radius 2 is 1.67 bits per heavy atom. The summed E-state index contributed by atoms with van der Waals surface area (Å²) >= 11 is 6.00. The molecule has 0 aliphatic carbocycles. The van der Waals surface area contributed by atoms with Crippen LogP contribution in [0.3, 0.4) is 0 Å². The third kappa shape index (κ3) is 4.59. The lowest BCUT2D eigenvalue weighted by molar-refractivity contribution is 0.0951. The molecule has 0 aliphatic heterocycles. The fraction of sp³-hybridized carbons (Fsp3) is 0.235. The predicted molar refractivity (Wildman–Crippen MR) is 86.5 cm³/mol. The molecule has 1 amide bonds. The SMILES string of the molecule is CN(C)Cc1ccc(CNC(=O)c2ccccc2Cl)cc1. The summed E-state index contributed by atoms with van der Waals surface area (Å²) in [4.78, 5) is 14.2. The van der Waals surface area contributed by atoms with Crippen LogP contribution in [0.4, 0.5) is 0 Å². The number of carbonyl (C=O) groups is 1. The average Bonchev–Trinajstić information content (AvgIpc) is 2.46. The van der Waals surface area contributed by atoms with E-state index in [1.165, 1.54) is 5.56 Å². The quantitative estimate of drug-likeness (QED) is 0.919. The van der Waals surface area contributed by atoms with Crippen molar-refractivity contribution in [2.75, 3.05) is 14.1 Å². The van der Waals surface area contributed by atoms with Crippen LogP contribution < -0.4 is 5.32 Å². The Hall–Kier alpha value is -1.84. The Labute approximate surface area is 130 Å².